The van der Waals surface area contributed by atoms with Crippen LogP contribution in [0.2, 0.25) is 0 Å². The summed E-state index contributed by atoms with van der Waals surface area (Å²) in [6.07, 6.45) is -1.54. The van der Waals surface area contributed by atoms with Crippen molar-refractivity contribution in [1.82, 2.24) is 10.3 Å². The molecule has 1 amide bonds. The first-order valence-electron chi connectivity index (χ1n) is 6.47. The molecule has 0 saturated carbocycles. The van der Waals surface area contributed by atoms with Crippen LogP contribution in [0.15, 0.2) is 41.1 Å². The van der Waals surface area contributed by atoms with Gasteiger partial charge in [-0.3, -0.25) is 9.78 Å². The first-order chi connectivity index (χ1) is 10.7. The summed E-state index contributed by atoms with van der Waals surface area (Å²) in [5, 5.41) is 2.46. The molecule has 0 atom stereocenters. The summed E-state index contributed by atoms with van der Waals surface area (Å²) < 4.78 is 51.8. The molecule has 0 bridgehead atoms. The van der Waals surface area contributed by atoms with Crippen molar-refractivity contribution in [2.45, 2.75) is 19.1 Å². The topological polar surface area (TPSA) is 42.0 Å². The van der Waals surface area contributed by atoms with Gasteiger partial charge in [-0.05, 0) is 51.3 Å². The third-order valence-electron chi connectivity index (χ3n) is 2.90. The van der Waals surface area contributed by atoms with Crippen molar-refractivity contribution >= 4 is 21.8 Å². The van der Waals surface area contributed by atoms with E-state index in [1.54, 1.807) is 12.3 Å². The molecule has 0 aliphatic carbocycles. The summed E-state index contributed by atoms with van der Waals surface area (Å²) >= 11 is 3.22. The van der Waals surface area contributed by atoms with Crippen molar-refractivity contribution in [1.29, 1.82) is 0 Å². The molecule has 1 aromatic carbocycles. The minimum Gasteiger partial charge on any atom is -0.352 e. The van der Waals surface area contributed by atoms with Gasteiger partial charge in [0.05, 0.1) is 12.0 Å². The Morgan fingerprint density at radius 2 is 1.87 bits per heavy atom. The van der Waals surface area contributed by atoms with Crippen LogP contribution in [0.4, 0.5) is 17.6 Å². The molecule has 0 aliphatic heterocycles. The zero-order chi connectivity index (χ0) is 17.0. The van der Waals surface area contributed by atoms with E-state index in [9.17, 15) is 22.4 Å². The second kappa shape index (κ2) is 7.08. The zero-order valence-corrected chi connectivity index (χ0v) is 13.2. The van der Waals surface area contributed by atoms with Gasteiger partial charge in [-0.25, -0.2) is 4.39 Å². The Labute approximate surface area is 137 Å². The van der Waals surface area contributed by atoms with E-state index < -0.39 is 23.5 Å². The highest BCUT2D eigenvalue weighted by atomic mass is 79.9. The van der Waals surface area contributed by atoms with Gasteiger partial charge in [0.25, 0.3) is 0 Å². The van der Waals surface area contributed by atoms with Gasteiger partial charge < -0.3 is 5.32 Å². The van der Waals surface area contributed by atoms with E-state index >= 15 is 0 Å². The highest BCUT2D eigenvalue weighted by Crippen LogP contribution is 2.30. The lowest BCUT2D eigenvalue weighted by Crippen LogP contribution is -2.25. The summed E-state index contributed by atoms with van der Waals surface area (Å²) in [6, 6.07) is 3.88. The quantitative estimate of drug-likeness (QED) is 0.805. The zero-order valence-electron chi connectivity index (χ0n) is 11.6. The van der Waals surface area contributed by atoms with E-state index in [1.807, 2.05) is 0 Å². The van der Waals surface area contributed by atoms with Crippen molar-refractivity contribution in [2.24, 2.45) is 0 Å². The lowest BCUT2D eigenvalue weighted by Gasteiger charge is -2.10. The number of amides is 1. The second-order valence-electron chi connectivity index (χ2n) is 4.81. The van der Waals surface area contributed by atoms with Crippen LogP contribution in [-0.2, 0) is 23.9 Å². The highest BCUT2D eigenvalue weighted by molar-refractivity contribution is 9.10. The van der Waals surface area contributed by atoms with Gasteiger partial charge in [-0.15, -0.1) is 0 Å². The minimum atomic E-state index is -4.64. The van der Waals surface area contributed by atoms with Crippen LogP contribution in [0, 0.1) is 5.82 Å². The van der Waals surface area contributed by atoms with Crippen LogP contribution in [0.25, 0.3) is 0 Å². The van der Waals surface area contributed by atoms with Crippen molar-refractivity contribution in [3.8, 4) is 0 Å². The fraction of sp³-hybridized carbons (Fsp3) is 0.200. The molecule has 3 nitrogen and oxygen atoms in total. The number of alkyl halides is 3. The second-order valence-corrected chi connectivity index (χ2v) is 5.73. The van der Waals surface area contributed by atoms with E-state index in [0.717, 1.165) is 12.1 Å². The number of nitrogens with one attached hydrogen (secondary N) is 1. The van der Waals surface area contributed by atoms with Gasteiger partial charge in [0.15, 0.2) is 0 Å². The average Bonchev–Trinajstić information content (AvgIpc) is 2.44. The highest BCUT2D eigenvalue weighted by Gasteiger charge is 2.31. The average molecular weight is 391 g/mol. The molecule has 2 rings (SSSR count). The SMILES string of the molecule is O=C(Cc1cncc(Br)c1)NCc1cc(F)cc(C(F)(F)F)c1. The molecule has 2 aromatic rings. The molecule has 0 fully saturated rings. The maximum atomic E-state index is 13.2. The Bertz CT molecular complexity index is 719. The number of carbonyl (C=O) groups excluding carboxylic acids is 1. The van der Waals surface area contributed by atoms with E-state index in [1.165, 1.54) is 6.20 Å². The van der Waals surface area contributed by atoms with Crippen LogP contribution >= 0.6 is 15.9 Å². The van der Waals surface area contributed by atoms with Gasteiger partial charge >= 0.3 is 6.18 Å². The standard InChI is InChI=1S/C15H11BrF4N2O/c16-12-2-10(6-21-8-12)4-14(23)22-7-9-1-11(15(18,19)20)5-13(17)3-9/h1-3,5-6,8H,4,7H2,(H,22,23). The minimum absolute atomic E-state index is 0.0217. The Hall–Kier alpha value is -1.96. The van der Waals surface area contributed by atoms with Crippen LogP contribution in [0.5, 0.6) is 0 Å². The molecule has 23 heavy (non-hydrogen) atoms. The number of pyridine rings is 1. The molecule has 0 unspecified atom stereocenters. The molecule has 1 heterocycles. The largest absolute Gasteiger partial charge is 0.416 e. The summed E-state index contributed by atoms with van der Waals surface area (Å²) in [7, 11) is 0. The lowest BCUT2D eigenvalue weighted by atomic mass is 10.1. The van der Waals surface area contributed by atoms with Crippen molar-refractivity contribution in [3.63, 3.8) is 0 Å². The number of hydrogen-bond acceptors (Lipinski definition) is 2. The van der Waals surface area contributed by atoms with Gasteiger partial charge in [-0.2, -0.15) is 13.2 Å². The summed E-state index contributed by atoms with van der Waals surface area (Å²) in [6.45, 7) is -0.193. The molecule has 1 N–H and O–H groups in total. The third-order valence-corrected chi connectivity index (χ3v) is 3.33. The maximum absolute atomic E-state index is 13.2. The van der Waals surface area contributed by atoms with E-state index in [4.69, 9.17) is 0 Å². The van der Waals surface area contributed by atoms with Gasteiger partial charge in [0.1, 0.15) is 5.82 Å². The molecule has 1 aromatic heterocycles. The number of aromatic nitrogens is 1. The normalized spacial score (nSPS) is 11.3. The predicted octanol–water partition coefficient (Wildman–Crippen LogP) is 3.86. The molecule has 0 radical (unpaired) electrons. The van der Waals surface area contributed by atoms with E-state index in [0.29, 0.717) is 16.1 Å². The first kappa shape index (κ1) is 17.4. The van der Waals surface area contributed by atoms with Crippen molar-refractivity contribution in [3.05, 3.63) is 63.6 Å². The van der Waals surface area contributed by atoms with E-state index in [2.05, 4.69) is 26.2 Å². The van der Waals surface area contributed by atoms with Crippen LogP contribution in [0.1, 0.15) is 16.7 Å². The fourth-order valence-electron chi connectivity index (χ4n) is 1.92. The molecule has 8 heteroatoms. The number of hydrogen-bond donors (Lipinski definition) is 1. The van der Waals surface area contributed by atoms with Crippen molar-refractivity contribution < 1.29 is 22.4 Å². The summed E-state index contributed by atoms with van der Waals surface area (Å²) in [5.74, 6) is -1.40. The molecular weight excluding hydrogens is 380 g/mol. The van der Waals surface area contributed by atoms with Crippen molar-refractivity contribution in [2.75, 3.05) is 0 Å². The van der Waals surface area contributed by atoms with Crippen LogP contribution < -0.4 is 5.32 Å². The molecule has 0 aliphatic rings. The number of carbonyl (C=O) groups is 1. The summed E-state index contributed by atoms with van der Waals surface area (Å²) in [5.41, 5.74) is -0.400. The summed E-state index contributed by atoms with van der Waals surface area (Å²) in [4.78, 5) is 15.7. The Morgan fingerprint density at radius 3 is 2.52 bits per heavy atom. The number of nitrogens with zero attached hydrogens (tertiary/aromatic N) is 1. The van der Waals surface area contributed by atoms with Gasteiger partial charge in [-0.1, -0.05) is 0 Å². The Kier molecular flexibility index (Phi) is 5.35. The Balaban J connectivity index is 2.00. The lowest BCUT2D eigenvalue weighted by molar-refractivity contribution is -0.137. The third kappa shape index (κ3) is 5.31. The predicted molar refractivity (Wildman–Crippen MR) is 78.9 cm³/mol. The Morgan fingerprint density at radius 1 is 1.13 bits per heavy atom. The first-order valence-corrected chi connectivity index (χ1v) is 7.26. The molecule has 122 valence electrons. The number of rotatable bonds is 4. The smallest absolute Gasteiger partial charge is 0.352 e. The fourth-order valence-corrected chi connectivity index (χ4v) is 2.33. The molecule has 0 spiro atoms. The molecule has 0 saturated heterocycles. The van der Waals surface area contributed by atoms with Crippen LogP contribution in [0.3, 0.4) is 0 Å². The number of benzene rings is 1. The maximum Gasteiger partial charge on any atom is 0.416 e. The van der Waals surface area contributed by atoms with Crippen LogP contribution in [-0.4, -0.2) is 10.9 Å². The van der Waals surface area contributed by atoms with E-state index in [-0.39, 0.29) is 18.5 Å². The van der Waals surface area contributed by atoms with Gasteiger partial charge in [0.2, 0.25) is 5.91 Å². The van der Waals surface area contributed by atoms with Gasteiger partial charge in [0, 0.05) is 23.4 Å². The number of halogens is 5. The molecular formula is C15H11BrF4N2O. The monoisotopic (exact) mass is 390 g/mol.